The second-order valence-electron chi connectivity index (χ2n) is 8.78. The maximum Gasteiger partial charge on any atom is 0.339 e. The van der Waals surface area contributed by atoms with E-state index in [9.17, 15) is 9.59 Å². The molecular formula is C26H22N2O3. The molecule has 1 spiro atoms. The van der Waals surface area contributed by atoms with Gasteiger partial charge >= 0.3 is 5.97 Å². The lowest BCUT2D eigenvalue weighted by Gasteiger charge is -2.27. The Morgan fingerprint density at radius 1 is 0.935 bits per heavy atom. The van der Waals surface area contributed by atoms with Gasteiger partial charge in [-0.25, -0.2) is 4.79 Å². The molecule has 0 bridgehead atoms. The van der Waals surface area contributed by atoms with Gasteiger partial charge in [0.1, 0.15) is 0 Å². The van der Waals surface area contributed by atoms with Gasteiger partial charge in [-0.15, -0.1) is 0 Å². The molecule has 0 N–H and O–H groups in total. The van der Waals surface area contributed by atoms with Gasteiger partial charge in [0.05, 0.1) is 23.2 Å². The van der Waals surface area contributed by atoms with Crippen LogP contribution in [0.2, 0.25) is 0 Å². The fourth-order valence-electron chi connectivity index (χ4n) is 5.15. The molecule has 3 aliphatic rings. The van der Waals surface area contributed by atoms with Gasteiger partial charge in [-0.1, -0.05) is 48.5 Å². The Kier molecular flexibility index (Phi) is 3.85. The van der Waals surface area contributed by atoms with E-state index in [-0.39, 0.29) is 11.9 Å². The van der Waals surface area contributed by atoms with E-state index in [1.807, 2.05) is 59.5 Å². The van der Waals surface area contributed by atoms with Crippen LogP contribution in [0.15, 0.2) is 72.9 Å². The van der Waals surface area contributed by atoms with Crippen LogP contribution in [0, 0.1) is 0 Å². The van der Waals surface area contributed by atoms with E-state index in [0.29, 0.717) is 25.1 Å². The highest BCUT2D eigenvalue weighted by atomic mass is 16.6. The SMILES string of the molecule is O=C1O[C@]2(CCN(C(=O)C3(c4ccc(-c5ccccn5)cc4)CC3)C2)c2ccccc21. The molecule has 1 amide bonds. The second kappa shape index (κ2) is 6.51. The van der Waals surface area contributed by atoms with Crippen molar-refractivity contribution in [2.45, 2.75) is 30.3 Å². The molecule has 2 aliphatic heterocycles. The third-order valence-electron chi connectivity index (χ3n) is 7.00. The van der Waals surface area contributed by atoms with Crippen molar-refractivity contribution in [3.8, 4) is 11.3 Å². The van der Waals surface area contributed by atoms with E-state index in [4.69, 9.17) is 4.74 Å². The molecule has 1 atom stereocenters. The predicted molar refractivity (Wildman–Crippen MR) is 115 cm³/mol. The lowest BCUT2D eigenvalue weighted by atomic mass is 9.91. The number of benzene rings is 2. The number of ether oxygens (including phenoxy) is 1. The molecule has 0 unspecified atom stereocenters. The van der Waals surface area contributed by atoms with Gasteiger partial charge < -0.3 is 9.64 Å². The number of nitrogens with zero attached hydrogens (tertiary/aromatic N) is 2. The van der Waals surface area contributed by atoms with Crippen molar-refractivity contribution in [3.05, 3.63) is 89.6 Å². The van der Waals surface area contributed by atoms with Crippen LogP contribution in [0.3, 0.4) is 0 Å². The van der Waals surface area contributed by atoms with Gasteiger partial charge in [0, 0.05) is 30.3 Å². The maximum atomic E-state index is 13.6. The van der Waals surface area contributed by atoms with Crippen molar-refractivity contribution < 1.29 is 14.3 Å². The van der Waals surface area contributed by atoms with Crippen LogP contribution in [0.25, 0.3) is 11.3 Å². The molecule has 1 aromatic heterocycles. The normalized spacial score (nSPS) is 23.0. The minimum Gasteiger partial charge on any atom is -0.449 e. The van der Waals surface area contributed by atoms with Crippen LogP contribution < -0.4 is 0 Å². The van der Waals surface area contributed by atoms with E-state index in [1.165, 1.54) is 0 Å². The number of fused-ring (bicyclic) bond motifs is 2. The van der Waals surface area contributed by atoms with Crippen molar-refractivity contribution in [1.82, 2.24) is 9.88 Å². The summed E-state index contributed by atoms with van der Waals surface area (Å²) in [7, 11) is 0. The Bertz CT molecular complexity index is 1180. The van der Waals surface area contributed by atoms with Crippen molar-refractivity contribution in [3.63, 3.8) is 0 Å². The molecule has 1 aliphatic carbocycles. The minimum absolute atomic E-state index is 0.149. The predicted octanol–water partition coefficient (Wildman–Crippen LogP) is 4.08. The van der Waals surface area contributed by atoms with Gasteiger partial charge in [-0.3, -0.25) is 9.78 Å². The van der Waals surface area contributed by atoms with Gasteiger partial charge in [0.15, 0.2) is 5.60 Å². The summed E-state index contributed by atoms with van der Waals surface area (Å²) in [5, 5.41) is 0. The van der Waals surface area contributed by atoms with E-state index in [1.54, 1.807) is 6.20 Å². The summed E-state index contributed by atoms with van der Waals surface area (Å²) in [6.07, 6.45) is 4.14. The molecular weight excluding hydrogens is 388 g/mol. The standard InChI is InChI=1S/C26H22N2O3/c29-23-20-5-1-2-6-21(20)26(31-23)14-16-28(17-26)24(30)25(12-13-25)19-10-8-18(9-11-19)22-7-3-4-15-27-22/h1-11,15H,12-14,16-17H2/t26-/m0/s1. The monoisotopic (exact) mass is 410 g/mol. The number of esters is 1. The Morgan fingerprint density at radius 3 is 2.45 bits per heavy atom. The first-order valence-corrected chi connectivity index (χ1v) is 10.8. The Labute approximate surface area is 180 Å². The zero-order valence-corrected chi connectivity index (χ0v) is 17.1. The zero-order chi connectivity index (χ0) is 21.1. The van der Waals surface area contributed by atoms with Gasteiger partial charge in [0.2, 0.25) is 5.91 Å². The molecule has 31 heavy (non-hydrogen) atoms. The largest absolute Gasteiger partial charge is 0.449 e. The first-order valence-electron chi connectivity index (χ1n) is 10.8. The molecule has 0 radical (unpaired) electrons. The van der Waals surface area contributed by atoms with Crippen LogP contribution in [-0.2, 0) is 20.5 Å². The van der Waals surface area contributed by atoms with Gasteiger partial charge in [0.25, 0.3) is 0 Å². The maximum absolute atomic E-state index is 13.6. The summed E-state index contributed by atoms with van der Waals surface area (Å²) in [5.41, 5.74) is 3.43. The molecule has 3 heterocycles. The molecule has 5 nitrogen and oxygen atoms in total. The minimum atomic E-state index is -0.692. The average molecular weight is 410 g/mol. The van der Waals surface area contributed by atoms with Crippen molar-refractivity contribution in [1.29, 1.82) is 0 Å². The number of rotatable bonds is 3. The highest BCUT2D eigenvalue weighted by Crippen LogP contribution is 2.52. The topological polar surface area (TPSA) is 59.5 Å². The van der Waals surface area contributed by atoms with E-state index in [2.05, 4.69) is 17.1 Å². The quantitative estimate of drug-likeness (QED) is 0.611. The highest BCUT2D eigenvalue weighted by Gasteiger charge is 2.57. The van der Waals surface area contributed by atoms with Crippen LogP contribution >= 0.6 is 0 Å². The molecule has 1 saturated carbocycles. The van der Waals surface area contributed by atoms with Crippen molar-refractivity contribution >= 4 is 11.9 Å². The summed E-state index contributed by atoms with van der Waals surface area (Å²) in [6, 6.07) is 21.6. The first-order chi connectivity index (χ1) is 15.1. The average Bonchev–Trinajstić information content (AvgIpc) is 3.46. The number of aromatic nitrogens is 1. The summed E-state index contributed by atoms with van der Waals surface area (Å²) in [6.45, 7) is 1.04. The molecule has 2 aromatic carbocycles. The number of amides is 1. The number of hydrogen-bond donors (Lipinski definition) is 0. The Morgan fingerprint density at radius 2 is 1.71 bits per heavy atom. The smallest absolute Gasteiger partial charge is 0.339 e. The number of carbonyl (C=O) groups is 2. The van der Waals surface area contributed by atoms with Crippen LogP contribution in [0.5, 0.6) is 0 Å². The number of likely N-dealkylation sites (tertiary alicyclic amines) is 1. The molecule has 3 aromatic rings. The number of hydrogen-bond acceptors (Lipinski definition) is 4. The third-order valence-corrected chi connectivity index (χ3v) is 7.00. The van der Waals surface area contributed by atoms with E-state index < -0.39 is 11.0 Å². The fourth-order valence-corrected chi connectivity index (χ4v) is 5.15. The lowest BCUT2D eigenvalue weighted by molar-refractivity contribution is -0.134. The number of carbonyl (C=O) groups excluding carboxylic acids is 2. The Hall–Kier alpha value is -3.47. The molecule has 6 rings (SSSR count). The van der Waals surface area contributed by atoms with Crippen LogP contribution in [0.4, 0.5) is 0 Å². The molecule has 5 heteroatoms. The van der Waals surface area contributed by atoms with Crippen LogP contribution in [-0.4, -0.2) is 34.8 Å². The summed E-state index contributed by atoms with van der Waals surface area (Å²) >= 11 is 0. The fraction of sp³-hybridized carbons (Fsp3) is 0.269. The first kappa shape index (κ1) is 18.3. The van der Waals surface area contributed by atoms with Gasteiger partial charge in [-0.2, -0.15) is 0 Å². The Balaban J connectivity index is 1.25. The lowest BCUT2D eigenvalue weighted by Crippen LogP contribution is -2.40. The van der Waals surface area contributed by atoms with E-state index in [0.717, 1.165) is 35.2 Å². The van der Waals surface area contributed by atoms with E-state index >= 15 is 0 Å². The van der Waals surface area contributed by atoms with Gasteiger partial charge in [-0.05, 0) is 36.6 Å². The molecule has 154 valence electrons. The molecule has 1 saturated heterocycles. The summed E-state index contributed by atoms with van der Waals surface area (Å²) in [5.74, 6) is -0.133. The summed E-state index contributed by atoms with van der Waals surface area (Å²) < 4.78 is 5.82. The zero-order valence-electron chi connectivity index (χ0n) is 17.1. The van der Waals surface area contributed by atoms with Crippen molar-refractivity contribution in [2.75, 3.05) is 13.1 Å². The highest BCUT2D eigenvalue weighted by molar-refractivity contribution is 5.96. The van der Waals surface area contributed by atoms with Crippen LogP contribution in [0.1, 0.15) is 40.7 Å². The van der Waals surface area contributed by atoms with Crippen molar-refractivity contribution in [2.24, 2.45) is 0 Å². The number of pyridine rings is 1. The third kappa shape index (κ3) is 2.73. The molecule has 2 fully saturated rings. The summed E-state index contributed by atoms with van der Waals surface area (Å²) in [4.78, 5) is 32.2. The second-order valence-corrected chi connectivity index (χ2v) is 8.78.